The van der Waals surface area contributed by atoms with Gasteiger partial charge < -0.3 is 9.47 Å². The highest BCUT2D eigenvalue weighted by Gasteiger charge is 2.42. The van der Waals surface area contributed by atoms with E-state index in [2.05, 4.69) is 14.2 Å². The molecule has 0 N–H and O–H groups in total. The maximum Gasteiger partial charge on any atom is 0.456 e. The molecule has 0 unspecified atom stereocenters. The van der Waals surface area contributed by atoms with Crippen molar-refractivity contribution in [3.63, 3.8) is 0 Å². The fourth-order valence-electron chi connectivity index (χ4n) is 0.386. The lowest BCUT2D eigenvalue weighted by molar-refractivity contribution is -0.248. The number of hydrogen-bond donors (Lipinski definition) is 0. The monoisotopic (exact) mass is 198 g/mol. The minimum Gasteiger partial charge on any atom is -0.467 e. The van der Waals surface area contributed by atoms with E-state index in [0.717, 1.165) is 14.2 Å². The van der Waals surface area contributed by atoms with E-state index >= 15 is 0 Å². The second-order valence-corrected chi connectivity index (χ2v) is 1.87. The number of ether oxygens (including phenoxy) is 3. The van der Waals surface area contributed by atoms with Crippen molar-refractivity contribution in [2.45, 2.75) is 6.11 Å². The van der Waals surface area contributed by atoms with Gasteiger partial charge in [0.2, 0.25) is 0 Å². The summed E-state index contributed by atoms with van der Waals surface area (Å²) in [5.74, 6) is -2.88. The van der Waals surface area contributed by atoms with Crippen molar-refractivity contribution in [1.82, 2.24) is 0 Å². The molecule has 0 aromatic heterocycles. The summed E-state index contributed by atoms with van der Waals surface area (Å²) in [7, 11) is 1.78. The maximum atomic E-state index is 12.4. The van der Waals surface area contributed by atoms with Gasteiger partial charge in [0.05, 0.1) is 14.2 Å². The molecule has 76 valence electrons. The molecule has 0 rings (SSSR count). The zero-order chi connectivity index (χ0) is 10.5. The number of halogens is 2. The molecular formula is C6H8F2O5. The molecular weight excluding hydrogens is 190 g/mol. The molecule has 0 bridgehead atoms. The molecule has 0 saturated carbocycles. The van der Waals surface area contributed by atoms with Gasteiger partial charge in [-0.2, -0.15) is 8.78 Å². The average Bonchev–Trinajstić information content (AvgIpc) is 2.12. The van der Waals surface area contributed by atoms with Crippen LogP contribution in [0.15, 0.2) is 0 Å². The summed E-state index contributed by atoms with van der Waals surface area (Å²) in [4.78, 5) is 20.6. The van der Waals surface area contributed by atoms with E-state index in [9.17, 15) is 18.4 Å². The van der Waals surface area contributed by atoms with Gasteiger partial charge in [0, 0.05) is 0 Å². The van der Waals surface area contributed by atoms with E-state index in [1.54, 1.807) is 0 Å². The Morgan fingerprint density at radius 1 is 1.23 bits per heavy atom. The normalized spacial score (nSPS) is 10.8. The van der Waals surface area contributed by atoms with Crippen LogP contribution in [0.3, 0.4) is 0 Å². The second-order valence-electron chi connectivity index (χ2n) is 1.87. The fraction of sp³-hybridized carbons (Fsp3) is 0.667. The van der Waals surface area contributed by atoms with Crippen LogP contribution >= 0.6 is 0 Å². The number of methoxy groups -OCH3 is 2. The lowest BCUT2D eigenvalue weighted by Crippen LogP contribution is -2.35. The number of carbonyl (C=O) groups excluding carboxylic acids is 2. The quantitative estimate of drug-likeness (QED) is 0.592. The molecule has 0 aliphatic rings. The molecule has 0 amide bonds. The molecule has 0 fully saturated rings. The summed E-state index contributed by atoms with van der Waals surface area (Å²) in [6.07, 6.45) is -4.12. The molecule has 13 heavy (non-hydrogen) atoms. The van der Waals surface area contributed by atoms with Crippen molar-refractivity contribution in [2.75, 3.05) is 20.8 Å². The van der Waals surface area contributed by atoms with Gasteiger partial charge in [-0.05, 0) is 0 Å². The standard InChI is InChI=1S/C6H8F2O5/c1-11-4(9)3-13-6(7,8)5(10)12-2/h3H2,1-2H3. The molecule has 0 spiro atoms. The van der Waals surface area contributed by atoms with E-state index < -0.39 is 24.7 Å². The van der Waals surface area contributed by atoms with Crippen molar-refractivity contribution in [3.05, 3.63) is 0 Å². The third-order valence-corrected chi connectivity index (χ3v) is 1.02. The van der Waals surface area contributed by atoms with Gasteiger partial charge in [0.25, 0.3) is 0 Å². The third kappa shape index (κ3) is 3.79. The Morgan fingerprint density at radius 3 is 2.15 bits per heavy atom. The number of alkyl halides is 2. The summed E-state index contributed by atoms with van der Waals surface area (Å²) in [5.41, 5.74) is 0. The van der Waals surface area contributed by atoms with Gasteiger partial charge in [-0.25, -0.2) is 9.59 Å². The van der Waals surface area contributed by atoms with Gasteiger partial charge in [-0.1, -0.05) is 0 Å². The highest BCUT2D eigenvalue weighted by atomic mass is 19.3. The molecule has 7 heteroatoms. The van der Waals surface area contributed by atoms with E-state index in [1.807, 2.05) is 0 Å². The van der Waals surface area contributed by atoms with Crippen molar-refractivity contribution in [3.8, 4) is 0 Å². The first-order chi connectivity index (χ1) is 5.94. The molecule has 0 aromatic rings. The maximum absolute atomic E-state index is 12.4. The molecule has 0 atom stereocenters. The van der Waals surface area contributed by atoms with Crippen LogP contribution in [0.2, 0.25) is 0 Å². The Morgan fingerprint density at radius 2 is 1.77 bits per heavy atom. The molecule has 0 aliphatic carbocycles. The SMILES string of the molecule is COC(=O)COC(F)(F)C(=O)OC. The Bertz CT molecular complexity index is 203. The van der Waals surface area contributed by atoms with Gasteiger partial charge >= 0.3 is 18.0 Å². The highest BCUT2D eigenvalue weighted by molar-refractivity contribution is 5.76. The minimum atomic E-state index is -4.12. The summed E-state index contributed by atoms with van der Waals surface area (Å²) in [5, 5.41) is 0. The third-order valence-electron chi connectivity index (χ3n) is 1.02. The van der Waals surface area contributed by atoms with Crippen LogP contribution in [0, 0.1) is 0 Å². The first kappa shape index (κ1) is 11.8. The van der Waals surface area contributed by atoms with Gasteiger partial charge in [0.15, 0.2) is 6.61 Å². The van der Waals surface area contributed by atoms with E-state index in [-0.39, 0.29) is 0 Å². The number of hydrogen-bond acceptors (Lipinski definition) is 5. The van der Waals surface area contributed by atoms with Crippen LogP contribution in [0.4, 0.5) is 8.78 Å². The molecule has 0 heterocycles. The van der Waals surface area contributed by atoms with E-state index in [0.29, 0.717) is 0 Å². The minimum absolute atomic E-state index is 0.776. The number of carbonyl (C=O) groups is 2. The average molecular weight is 198 g/mol. The first-order valence-electron chi connectivity index (χ1n) is 3.11. The van der Waals surface area contributed by atoms with Crippen molar-refractivity contribution >= 4 is 11.9 Å². The summed E-state index contributed by atoms with van der Waals surface area (Å²) in [6.45, 7) is -1.02. The van der Waals surface area contributed by atoms with Crippen LogP contribution < -0.4 is 0 Å². The van der Waals surface area contributed by atoms with Gasteiger partial charge in [-0.15, -0.1) is 0 Å². The van der Waals surface area contributed by atoms with E-state index in [1.165, 1.54) is 0 Å². The van der Waals surface area contributed by atoms with Crippen LogP contribution in [-0.2, 0) is 23.8 Å². The fourth-order valence-corrected chi connectivity index (χ4v) is 0.386. The van der Waals surface area contributed by atoms with Gasteiger partial charge in [0.1, 0.15) is 0 Å². The summed E-state index contributed by atoms with van der Waals surface area (Å²) >= 11 is 0. The van der Waals surface area contributed by atoms with Crippen molar-refractivity contribution in [2.24, 2.45) is 0 Å². The zero-order valence-electron chi connectivity index (χ0n) is 7.00. The Labute approximate surface area is 72.6 Å². The highest BCUT2D eigenvalue weighted by Crippen LogP contribution is 2.16. The van der Waals surface area contributed by atoms with Crippen molar-refractivity contribution < 1.29 is 32.6 Å². The smallest absolute Gasteiger partial charge is 0.456 e. The van der Waals surface area contributed by atoms with Crippen LogP contribution in [0.25, 0.3) is 0 Å². The van der Waals surface area contributed by atoms with Crippen molar-refractivity contribution in [1.29, 1.82) is 0 Å². The predicted molar refractivity (Wildman–Crippen MR) is 34.9 cm³/mol. The molecule has 0 saturated heterocycles. The lowest BCUT2D eigenvalue weighted by Gasteiger charge is -2.12. The first-order valence-corrected chi connectivity index (χ1v) is 3.11. The van der Waals surface area contributed by atoms with Crippen LogP contribution in [0.5, 0.6) is 0 Å². The summed E-state index contributed by atoms with van der Waals surface area (Å²) in [6, 6.07) is 0. The Kier molecular flexibility index (Phi) is 4.26. The van der Waals surface area contributed by atoms with Gasteiger partial charge in [-0.3, -0.25) is 4.74 Å². The molecule has 0 aliphatic heterocycles. The number of rotatable bonds is 4. The lowest BCUT2D eigenvalue weighted by atomic mass is 10.6. The second kappa shape index (κ2) is 4.70. The topological polar surface area (TPSA) is 61.8 Å². The Hall–Kier alpha value is -1.24. The summed E-state index contributed by atoms with van der Waals surface area (Å²) < 4.78 is 36.2. The molecule has 0 aromatic carbocycles. The number of esters is 2. The zero-order valence-corrected chi connectivity index (χ0v) is 7.00. The van der Waals surface area contributed by atoms with E-state index in [4.69, 9.17) is 0 Å². The van der Waals surface area contributed by atoms with Crippen LogP contribution in [-0.4, -0.2) is 38.9 Å². The molecule has 0 radical (unpaired) electrons. The molecule has 5 nitrogen and oxygen atoms in total. The predicted octanol–water partition coefficient (Wildman–Crippen LogP) is -0.0582. The Balaban J connectivity index is 4.03. The largest absolute Gasteiger partial charge is 0.467 e. The van der Waals surface area contributed by atoms with Crippen LogP contribution in [0.1, 0.15) is 0 Å².